The number of thiol groups is 1. The van der Waals surface area contributed by atoms with Gasteiger partial charge in [-0.25, -0.2) is 0 Å². The summed E-state index contributed by atoms with van der Waals surface area (Å²) in [5, 5.41) is 0. The Morgan fingerprint density at radius 1 is 1.45 bits per heavy atom. The van der Waals surface area contributed by atoms with Gasteiger partial charge in [0, 0.05) is 0 Å². The normalized spacial score (nSPS) is 31.9. The average Bonchev–Trinajstić information content (AvgIpc) is 2.63. The smallest absolute Gasteiger partial charge is 0.0839 e. The highest BCUT2D eigenvalue weighted by molar-refractivity contribution is 7.80. The zero-order valence-electron chi connectivity index (χ0n) is 7.42. The monoisotopic (exact) mass is 174 g/mol. The Morgan fingerprint density at radius 3 is 2.55 bits per heavy atom. The summed E-state index contributed by atoms with van der Waals surface area (Å²) in [5.74, 6) is 1.84. The molecule has 0 aromatic rings. The van der Waals surface area contributed by atoms with Crippen molar-refractivity contribution in [2.75, 3.05) is 5.75 Å². The molecule has 1 aliphatic heterocycles. The van der Waals surface area contributed by atoms with Gasteiger partial charge in [0.1, 0.15) is 0 Å². The third kappa shape index (κ3) is 3.48. The molecule has 0 aliphatic carbocycles. The molecular formula is C9H18OS. The summed E-state index contributed by atoms with van der Waals surface area (Å²) >= 11 is 4.21. The fraction of sp³-hybridized carbons (Fsp3) is 1.00. The second-order valence-corrected chi connectivity index (χ2v) is 4.02. The fourth-order valence-corrected chi connectivity index (χ4v) is 1.79. The van der Waals surface area contributed by atoms with Crippen LogP contribution in [0.2, 0.25) is 0 Å². The molecular weight excluding hydrogens is 156 g/mol. The van der Waals surface area contributed by atoms with Crippen molar-refractivity contribution in [3.8, 4) is 0 Å². The van der Waals surface area contributed by atoms with Gasteiger partial charge in [-0.2, -0.15) is 12.6 Å². The van der Waals surface area contributed by atoms with Gasteiger partial charge >= 0.3 is 0 Å². The highest BCUT2D eigenvalue weighted by Crippen LogP contribution is 2.27. The van der Waals surface area contributed by atoms with Crippen molar-refractivity contribution in [2.45, 2.75) is 45.3 Å². The van der Waals surface area contributed by atoms with Gasteiger partial charge in [-0.05, 0) is 37.9 Å². The molecule has 0 spiro atoms. The second kappa shape index (κ2) is 4.36. The Morgan fingerprint density at radius 2 is 2.09 bits per heavy atom. The molecule has 0 aromatic heterocycles. The van der Waals surface area contributed by atoms with Crippen LogP contribution in [0.4, 0.5) is 0 Å². The molecule has 0 saturated carbocycles. The Hall–Kier alpha value is 0.310. The van der Waals surface area contributed by atoms with E-state index < -0.39 is 0 Å². The van der Waals surface area contributed by atoms with Gasteiger partial charge < -0.3 is 4.74 Å². The SMILES string of the molecule is CC1OC1CC[C@@H](C)CCS. The Balaban J connectivity index is 1.94. The first-order valence-electron chi connectivity index (χ1n) is 4.50. The maximum Gasteiger partial charge on any atom is 0.0839 e. The van der Waals surface area contributed by atoms with E-state index in [4.69, 9.17) is 4.74 Å². The van der Waals surface area contributed by atoms with E-state index in [9.17, 15) is 0 Å². The molecule has 11 heavy (non-hydrogen) atoms. The predicted octanol–water partition coefficient (Wildman–Crippen LogP) is 2.51. The minimum Gasteiger partial charge on any atom is -0.370 e. The molecule has 0 amide bonds. The summed E-state index contributed by atoms with van der Waals surface area (Å²) < 4.78 is 5.33. The predicted molar refractivity (Wildman–Crippen MR) is 51.2 cm³/mol. The van der Waals surface area contributed by atoms with Crippen molar-refractivity contribution in [2.24, 2.45) is 5.92 Å². The number of rotatable bonds is 5. The molecule has 0 radical (unpaired) electrons. The topological polar surface area (TPSA) is 12.5 Å². The van der Waals surface area contributed by atoms with E-state index in [0.29, 0.717) is 12.2 Å². The van der Waals surface area contributed by atoms with Gasteiger partial charge in [0.15, 0.2) is 0 Å². The molecule has 2 unspecified atom stereocenters. The lowest BCUT2D eigenvalue weighted by atomic mass is 10.0. The van der Waals surface area contributed by atoms with Crippen LogP contribution in [0.1, 0.15) is 33.1 Å². The largest absolute Gasteiger partial charge is 0.370 e. The molecule has 1 aliphatic rings. The number of ether oxygens (including phenoxy) is 1. The molecule has 0 bridgehead atoms. The van der Waals surface area contributed by atoms with E-state index in [1.165, 1.54) is 19.3 Å². The van der Waals surface area contributed by atoms with Gasteiger partial charge in [0.25, 0.3) is 0 Å². The standard InChI is InChI=1S/C9H18OS/c1-7(5-6-11)3-4-9-8(2)10-9/h7-9,11H,3-6H2,1-2H3/t7-,8?,9?/m1/s1. The molecule has 66 valence electrons. The number of hydrogen-bond donors (Lipinski definition) is 1. The maximum atomic E-state index is 5.33. The Bertz CT molecular complexity index is 116. The Kier molecular flexibility index (Phi) is 3.73. The summed E-state index contributed by atoms with van der Waals surface area (Å²) in [5.41, 5.74) is 0. The van der Waals surface area contributed by atoms with Crippen LogP contribution in [-0.4, -0.2) is 18.0 Å². The molecule has 1 fully saturated rings. The van der Waals surface area contributed by atoms with E-state index in [-0.39, 0.29) is 0 Å². The zero-order valence-corrected chi connectivity index (χ0v) is 8.31. The molecule has 1 rings (SSSR count). The number of epoxide rings is 1. The van der Waals surface area contributed by atoms with Crippen LogP contribution in [0.15, 0.2) is 0 Å². The van der Waals surface area contributed by atoms with E-state index in [1.807, 2.05) is 0 Å². The summed E-state index contributed by atoms with van der Waals surface area (Å²) in [6, 6.07) is 0. The first kappa shape index (κ1) is 9.40. The molecule has 3 atom stereocenters. The van der Waals surface area contributed by atoms with Crippen LogP contribution >= 0.6 is 12.6 Å². The van der Waals surface area contributed by atoms with Crippen LogP contribution in [0.5, 0.6) is 0 Å². The van der Waals surface area contributed by atoms with E-state index in [2.05, 4.69) is 26.5 Å². The van der Waals surface area contributed by atoms with Crippen LogP contribution in [0.25, 0.3) is 0 Å². The lowest BCUT2D eigenvalue weighted by Crippen LogP contribution is -1.99. The van der Waals surface area contributed by atoms with Crippen molar-refractivity contribution in [1.29, 1.82) is 0 Å². The van der Waals surface area contributed by atoms with Gasteiger partial charge in [-0.15, -0.1) is 0 Å². The van der Waals surface area contributed by atoms with Crippen LogP contribution in [0, 0.1) is 5.92 Å². The molecule has 2 heteroatoms. The zero-order chi connectivity index (χ0) is 8.27. The minimum atomic E-state index is 0.540. The van der Waals surface area contributed by atoms with Gasteiger partial charge in [0.2, 0.25) is 0 Å². The van der Waals surface area contributed by atoms with E-state index in [0.717, 1.165) is 11.7 Å². The summed E-state index contributed by atoms with van der Waals surface area (Å²) in [6.45, 7) is 4.44. The van der Waals surface area contributed by atoms with Gasteiger partial charge in [-0.3, -0.25) is 0 Å². The second-order valence-electron chi connectivity index (χ2n) is 3.57. The maximum absolute atomic E-state index is 5.33. The van der Waals surface area contributed by atoms with E-state index >= 15 is 0 Å². The molecule has 0 aromatic carbocycles. The van der Waals surface area contributed by atoms with Gasteiger partial charge in [-0.1, -0.05) is 6.92 Å². The van der Waals surface area contributed by atoms with Crippen molar-refractivity contribution < 1.29 is 4.74 Å². The minimum absolute atomic E-state index is 0.540. The first-order valence-corrected chi connectivity index (χ1v) is 5.13. The summed E-state index contributed by atoms with van der Waals surface area (Å²) in [7, 11) is 0. The van der Waals surface area contributed by atoms with Gasteiger partial charge in [0.05, 0.1) is 12.2 Å². The molecule has 0 N–H and O–H groups in total. The van der Waals surface area contributed by atoms with Crippen molar-refractivity contribution in [3.63, 3.8) is 0 Å². The molecule has 1 saturated heterocycles. The van der Waals surface area contributed by atoms with Crippen molar-refractivity contribution >= 4 is 12.6 Å². The van der Waals surface area contributed by atoms with Crippen LogP contribution < -0.4 is 0 Å². The molecule has 1 nitrogen and oxygen atoms in total. The summed E-state index contributed by atoms with van der Waals surface area (Å²) in [6.07, 6.45) is 4.91. The summed E-state index contributed by atoms with van der Waals surface area (Å²) in [4.78, 5) is 0. The quantitative estimate of drug-likeness (QED) is 0.499. The highest BCUT2D eigenvalue weighted by atomic mass is 32.1. The average molecular weight is 174 g/mol. The number of hydrogen-bond acceptors (Lipinski definition) is 2. The lowest BCUT2D eigenvalue weighted by molar-refractivity contribution is 0.353. The molecule has 1 heterocycles. The fourth-order valence-electron chi connectivity index (χ4n) is 1.35. The highest BCUT2D eigenvalue weighted by Gasteiger charge is 2.33. The van der Waals surface area contributed by atoms with Crippen LogP contribution in [-0.2, 0) is 4.74 Å². The van der Waals surface area contributed by atoms with Crippen molar-refractivity contribution in [1.82, 2.24) is 0 Å². The Labute approximate surface area is 74.9 Å². The lowest BCUT2D eigenvalue weighted by Gasteiger charge is -2.06. The van der Waals surface area contributed by atoms with Crippen LogP contribution in [0.3, 0.4) is 0 Å². The first-order chi connectivity index (χ1) is 5.24. The van der Waals surface area contributed by atoms with Crippen molar-refractivity contribution in [3.05, 3.63) is 0 Å². The third-order valence-corrected chi connectivity index (χ3v) is 2.66. The van der Waals surface area contributed by atoms with E-state index in [1.54, 1.807) is 0 Å². The third-order valence-electron chi connectivity index (χ3n) is 2.40.